The summed E-state index contributed by atoms with van der Waals surface area (Å²) in [6.07, 6.45) is 3.16. The minimum atomic E-state index is -0.540. The monoisotopic (exact) mass is 398 g/mol. The molecule has 1 fully saturated rings. The second-order valence-electron chi connectivity index (χ2n) is 5.60. The van der Waals surface area contributed by atoms with Gasteiger partial charge >= 0.3 is 0 Å². The fourth-order valence-electron chi connectivity index (χ4n) is 2.46. The van der Waals surface area contributed by atoms with Gasteiger partial charge < -0.3 is 4.74 Å². The number of ether oxygens (including phenoxy) is 1. The molecule has 1 aliphatic heterocycles. The largest absolute Gasteiger partial charge is 0.490 e. The summed E-state index contributed by atoms with van der Waals surface area (Å²) >= 11 is 11.1. The van der Waals surface area contributed by atoms with Crippen molar-refractivity contribution < 1.29 is 14.3 Å². The van der Waals surface area contributed by atoms with Crippen molar-refractivity contribution in [3.05, 3.63) is 77.3 Å². The Balaban J connectivity index is 1.89. The zero-order chi connectivity index (χ0) is 19.4. The maximum Gasteiger partial charge on any atom is 0.270 e. The van der Waals surface area contributed by atoms with Crippen molar-refractivity contribution in [1.82, 2.24) is 5.32 Å². The first-order chi connectivity index (χ1) is 13.0. The molecule has 27 heavy (non-hydrogen) atoms. The van der Waals surface area contributed by atoms with E-state index in [1.54, 1.807) is 54.6 Å². The number of nitrogens with one attached hydrogen (secondary N) is 1. The Morgan fingerprint density at radius 2 is 1.78 bits per heavy atom. The van der Waals surface area contributed by atoms with E-state index in [4.69, 9.17) is 28.6 Å². The molecule has 0 aromatic heterocycles. The van der Waals surface area contributed by atoms with Crippen LogP contribution in [0.1, 0.15) is 5.56 Å². The number of benzene rings is 2. The van der Waals surface area contributed by atoms with Gasteiger partial charge in [-0.15, -0.1) is 0 Å². The Morgan fingerprint density at radius 1 is 1.11 bits per heavy atom. The Morgan fingerprint density at radius 3 is 2.41 bits per heavy atom. The fourth-order valence-corrected chi connectivity index (χ4v) is 2.87. The maximum absolute atomic E-state index is 12.9. The van der Waals surface area contributed by atoms with Gasteiger partial charge in [0, 0.05) is 5.02 Å². The van der Waals surface area contributed by atoms with E-state index in [1.807, 2.05) is 0 Å². The predicted molar refractivity (Wildman–Crippen MR) is 110 cm³/mol. The van der Waals surface area contributed by atoms with E-state index in [1.165, 1.54) is 11.0 Å². The molecular weight excluding hydrogens is 384 g/mol. The topological polar surface area (TPSA) is 58.6 Å². The molecule has 1 aliphatic rings. The number of hydrogen-bond donors (Lipinski definition) is 1. The summed E-state index contributed by atoms with van der Waals surface area (Å²) in [5.74, 6) is -0.374. The highest BCUT2D eigenvalue weighted by Crippen LogP contribution is 2.24. The standard InChI is InChI=1S/C20H15ClN2O3S/c1-2-11-26-16-9-3-13(4-10-16)12-17-18(24)22-20(27)23(19(17)25)15-7-5-14(21)6-8-15/h2-10,12H,1,11H2,(H,22,24,27)/b17-12-. The van der Waals surface area contributed by atoms with Gasteiger partial charge in [0.05, 0.1) is 5.69 Å². The van der Waals surface area contributed by atoms with Crippen LogP contribution in [-0.4, -0.2) is 23.5 Å². The molecule has 7 heteroatoms. The highest BCUT2D eigenvalue weighted by molar-refractivity contribution is 7.80. The van der Waals surface area contributed by atoms with Gasteiger partial charge in [0.25, 0.3) is 11.8 Å². The van der Waals surface area contributed by atoms with E-state index < -0.39 is 11.8 Å². The third-order valence-corrected chi connectivity index (χ3v) is 4.28. The summed E-state index contributed by atoms with van der Waals surface area (Å²) in [6, 6.07) is 13.6. The summed E-state index contributed by atoms with van der Waals surface area (Å²) in [6.45, 7) is 3.99. The van der Waals surface area contributed by atoms with Crippen molar-refractivity contribution >= 4 is 52.5 Å². The van der Waals surface area contributed by atoms with Crippen LogP contribution in [0.5, 0.6) is 5.75 Å². The van der Waals surface area contributed by atoms with Crippen LogP contribution in [0, 0.1) is 0 Å². The summed E-state index contributed by atoms with van der Waals surface area (Å²) in [5.41, 5.74) is 1.19. The summed E-state index contributed by atoms with van der Waals surface area (Å²) in [4.78, 5) is 26.4. The van der Waals surface area contributed by atoms with E-state index in [0.29, 0.717) is 28.6 Å². The molecule has 0 bridgehead atoms. The van der Waals surface area contributed by atoms with Crippen molar-refractivity contribution in [2.24, 2.45) is 0 Å². The molecule has 3 rings (SSSR count). The van der Waals surface area contributed by atoms with Gasteiger partial charge in [0.2, 0.25) is 0 Å². The van der Waals surface area contributed by atoms with Gasteiger partial charge in [-0.1, -0.05) is 36.4 Å². The third-order valence-electron chi connectivity index (χ3n) is 3.75. The highest BCUT2D eigenvalue weighted by Gasteiger charge is 2.34. The first-order valence-electron chi connectivity index (χ1n) is 8.00. The van der Waals surface area contributed by atoms with Crippen LogP contribution in [0.25, 0.3) is 6.08 Å². The maximum atomic E-state index is 12.9. The first kappa shape index (κ1) is 18.8. The molecule has 2 aromatic rings. The normalized spacial score (nSPS) is 15.7. The van der Waals surface area contributed by atoms with Crippen LogP contribution in [0.2, 0.25) is 5.02 Å². The lowest BCUT2D eigenvalue weighted by atomic mass is 10.1. The lowest BCUT2D eigenvalue weighted by Crippen LogP contribution is -2.54. The van der Waals surface area contributed by atoms with E-state index in [0.717, 1.165) is 0 Å². The summed E-state index contributed by atoms with van der Waals surface area (Å²) in [5, 5.41) is 3.10. The average Bonchev–Trinajstić information content (AvgIpc) is 2.66. The number of rotatable bonds is 5. The number of hydrogen-bond acceptors (Lipinski definition) is 4. The number of halogens is 1. The molecule has 0 radical (unpaired) electrons. The van der Waals surface area contributed by atoms with Crippen molar-refractivity contribution in [2.75, 3.05) is 11.5 Å². The molecule has 0 atom stereocenters. The van der Waals surface area contributed by atoms with Gasteiger partial charge in [-0.3, -0.25) is 19.8 Å². The zero-order valence-corrected chi connectivity index (χ0v) is 15.7. The van der Waals surface area contributed by atoms with Crippen molar-refractivity contribution in [3.8, 4) is 5.75 Å². The fraction of sp³-hybridized carbons (Fsp3) is 0.0500. The van der Waals surface area contributed by atoms with Gasteiger partial charge in [-0.25, -0.2) is 0 Å². The molecule has 5 nitrogen and oxygen atoms in total. The average molecular weight is 399 g/mol. The van der Waals surface area contributed by atoms with Crippen LogP contribution in [0.3, 0.4) is 0 Å². The molecule has 0 aliphatic carbocycles. The molecule has 1 N–H and O–H groups in total. The highest BCUT2D eigenvalue weighted by atomic mass is 35.5. The van der Waals surface area contributed by atoms with Crippen molar-refractivity contribution in [1.29, 1.82) is 0 Å². The Bertz CT molecular complexity index is 937. The molecular formula is C20H15ClN2O3S. The molecule has 136 valence electrons. The number of nitrogens with zero attached hydrogens (tertiary/aromatic N) is 1. The quantitative estimate of drug-likeness (QED) is 0.361. The lowest BCUT2D eigenvalue weighted by molar-refractivity contribution is -0.122. The number of anilines is 1. The minimum absolute atomic E-state index is 0.0155. The second-order valence-corrected chi connectivity index (χ2v) is 6.43. The second kappa shape index (κ2) is 8.16. The zero-order valence-electron chi connectivity index (χ0n) is 14.1. The molecule has 0 unspecified atom stereocenters. The van der Waals surface area contributed by atoms with Gasteiger partial charge in [-0.2, -0.15) is 0 Å². The molecule has 1 saturated heterocycles. The van der Waals surface area contributed by atoms with Crippen LogP contribution in [0.15, 0.2) is 66.8 Å². The first-order valence-corrected chi connectivity index (χ1v) is 8.79. The summed E-state index contributed by atoms with van der Waals surface area (Å²) in [7, 11) is 0. The molecule has 1 heterocycles. The SMILES string of the molecule is C=CCOc1ccc(/C=C2/C(=O)NC(=S)N(c3ccc(Cl)cc3)C2=O)cc1. The molecule has 2 amide bonds. The van der Waals surface area contributed by atoms with Crippen LogP contribution < -0.4 is 15.0 Å². The molecule has 2 aromatic carbocycles. The Hall–Kier alpha value is -2.96. The smallest absolute Gasteiger partial charge is 0.270 e. The minimum Gasteiger partial charge on any atom is -0.490 e. The number of carbonyl (C=O) groups excluding carboxylic acids is 2. The Kier molecular flexibility index (Phi) is 5.69. The number of amides is 2. The van der Waals surface area contributed by atoms with E-state index in [2.05, 4.69) is 11.9 Å². The number of thiocarbonyl (C=S) groups is 1. The van der Waals surface area contributed by atoms with E-state index in [9.17, 15) is 9.59 Å². The number of carbonyl (C=O) groups is 2. The van der Waals surface area contributed by atoms with Gasteiger partial charge in [-0.05, 0) is 60.3 Å². The lowest BCUT2D eigenvalue weighted by Gasteiger charge is -2.28. The third kappa shape index (κ3) is 4.24. The van der Waals surface area contributed by atoms with E-state index >= 15 is 0 Å². The molecule has 0 saturated carbocycles. The van der Waals surface area contributed by atoms with Crippen LogP contribution in [0.4, 0.5) is 5.69 Å². The van der Waals surface area contributed by atoms with Crippen LogP contribution >= 0.6 is 23.8 Å². The van der Waals surface area contributed by atoms with E-state index in [-0.39, 0.29) is 10.7 Å². The van der Waals surface area contributed by atoms with Gasteiger partial charge in [0.15, 0.2) is 5.11 Å². The van der Waals surface area contributed by atoms with Gasteiger partial charge in [0.1, 0.15) is 17.9 Å². The molecule has 0 spiro atoms. The van der Waals surface area contributed by atoms with Crippen molar-refractivity contribution in [2.45, 2.75) is 0 Å². The predicted octanol–water partition coefficient (Wildman–Crippen LogP) is 3.74. The Labute approximate surface area is 166 Å². The van der Waals surface area contributed by atoms with Crippen LogP contribution in [-0.2, 0) is 9.59 Å². The van der Waals surface area contributed by atoms with Crippen molar-refractivity contribution in [3.63, 3.8) is 0 Å². The summed E-state index contributed by atoms with van der Waals surface area (Å²) < 4.78 is 5.42.